The van der Waals surface area contributed by atoms with Crippen LogP contribution in [0.5, 0.6) is 0 Å². The molecule has 2 heterocycles. The number of hydrogen-bond donors (Lipinski definition) is 0. The number of rotatable bonds is 5. The molecule has 1 saturated heterocycles. The lowest BCUT2D eigenvalue weighted by Gasteiger charge is -2.26. The topological polar surface area (TPSA) is 47.4 Å². The molecule has 2 aromatic carbocycles. The van der Waals surface area contributed by atoms with E-state index in [0.717, 1.165) is 22.1 Å². The number of halogens is 1. The second-order valence-electron chi connectivity index (χ2n) is 6.36. The predicted molar refractivity (Wildman–Crippen MR) is 112 cm³/mol. The van der Waals surface area contributed by atoms with Gasteiger partial charge in [0.2, 0.25) is 5.91 Å². The first-order valence-electron chi connectivity index (χ1n) is 9.10. The molecule has 7 heteroatoms. The quantitative estimate of drug-likeness (QED) is 0.590. The number of morpholine rings is 1. The van der Waals surface area contributed by atoms with Gasteiger partial charge >= 0.3 is 0 Å². The summed E-state index contributed by atoms with van der Waals surface area (Å²) < 4.78 is 7.35. The Hall–Kier alpha value is -2.28. The third-order valence-electron chi connectivity index (χ3n) is 4.58. The molecule has 1 amide bonds. The molecule has 0 atom stereocenters. The largest absolute Gasteiger partial charge is 0.378 e. The van der Waals surface area contributed by atoms with Crippen LogP contribution in [-0.2, 0) is 9.53 Å². The lowest BCUT2D eigenvalue weighted by molar-refractivity contribution is -0.132. The zero-order valence-electron chi connectivity index (χ0n) is 15.3. The van der Waals surface area contributed by atoms with Crippen molar-refractivity contribution in [3.05, 3.63) is 65.8 Å². The van der Waals surface area contributed by atoms with Crippen molar-refractivity contribution in [3.63, 3.8) is 0 Å². The van der Waals surface area contributed by atoms with Crippen molar-refractivity contribution in [2.45, 2.75) is 5.16 Å². The second kappa shape index (κ2) is 8.82. The molecule has 1 aliphatic rings. The summed E-state index contributed by atoms with van der Waals surface area (Å²) >= 11 is 7.91. The Labute approximate surface area is 173 Å². The molecule has 0 bridgehead atoms. The summed E-state index contributed by atoms with van der Waals surface area (Å²) in [5.74, 6) is 0.429. The van der Waals surface area contributed by atoms with Crippen molar-refractivity contribution >= 4 is 29.3 Å². The van der Waals surface area contributed by atoms with Gasteiger partial charge in [-0.1, -0.05) is 65.8 Å². The average molecular weight is 414 g/mol. The van der Waals surface area contributed by atoms with Gasteiger partial charge < -0.3 is 9.64 Å². The predicted octanol–water partition coefficient (Wildman–Crippen LogP) is 4.14. The number of thioether (sulfide) groups is 1. The molecule has 28 heavy (non-hydrogen) atoms. The smallest absolute Gasteiger partial charge is 0.233 e. The van der Waals surface area contributed by atoms with E-state index in [2.05, 4.69) is 4.98 Å². The molecule has 1 aliphatic heterocycles. The first-order valence-corrected chi connectivity index (χ1v) is 10.5. The van der Waals surface area contributed by atoms with Gasteiger partial charge in [0, 0.05) is 18.7 Å². The molecule has 5 nitrogen and oxygen atoms in total. The van der Waals surface area contributed by atoms with Crippen LogP contribution >= 0.6 is 23.4 Å². The first-order chi connectivity index (χ1) is 13.7. The summed E-state index contributed by atoms with van der Waals surface area (Å²) in [5, 5.41) is 1.38. The normalized spacial score (nSPS) is 14.2. The Morgan fingerprint density at radius 2 is 1.79 bits per heavy atom. The molecule has 0 radical (unpaired) electrons. The first kappa shape index (κ1) is 19.1. The van der Waals surface area contributed by atoms with E-state index in [4.69, 9.17) is 16.3 Å². The Morgan fingerprint density at radius 1 is 1.07 bits per heavy atom. The van der Waals surface area contributed by atoms with Crippen molar-refractivity contribution in [1.82, 2.24) is 14.5 Å². The number of nitrogens with zero attached hydrogens (tertiary/aromatic N) is 3. The highest BCUT2D eigenvalue weighted by Gasteiger charge is 2.20. The maximum absolute atomic E-state index is 12.5. The monoisotopic (exact) mass is 413 g/mol. The molecule has 0 N–H and O–H groups in total. The zero-order chi connectivity index (χ0) is 19.3. The van der Waals surface area contributed by atoms with Crippen molar-refractivity contribution in [3.8, 4) is 16.9 Å². The van der Waals surface area contributed by atoms with Gasteiger partial charge in [0.05, 0.1) is 41.6 Å². The molecule has 4 rings (SSSR count). The van der Waals surface area contributed by atoms with Crippen LogP contribution < -0.4 is 0 Å². The SMILES string of the molecule is O=C(CSc1ncc(-c2ccccc2)n1-c1ccccc1Cl)N1CCOCC1. The van der Waals surface area contributed by atoms with Gasteiger partial charge in [-0.05, 0) is 12.1 Å². The summed E-state index contributed by atoms with van der Waals surface area (Å²) in [6.45, 7) is 2.49. The van der Waals surface area contributed by atoms with Gasteiger partial charge in [-0.3, -0.25) is 9.36 Å². The molecular formula is C21H20ClN3O2S. The van der Waals surface area contributed by atoms with E-state index in [1.165, 1.54) is 11.8 Å². The number of ether oxygens (including phenoxy) is 1. The van der Waals surface area contributed by atoms with Crippen LogP contribution in [0.4, 0.5) is 0 Å². The number of para-hydroxylation sites is 1. The number of hydrogen-bond acceptors (Lipinski definition) is 4. The van der Waals surface area contributed by atoms with E-state index >= 15 is 0 Å². The molecule has 0 aliphatic carbocycles. The molecule has 144 valence electrons. The number of amides is 1. The fourth-order valence-corrected chi connectivity index (χ4v) is 4.25. The number of carbonyl (C=O) groups is 1. The highest BCUT2D eigenvalue weighted by molar-refractivity contribution is 7.99. The fraction of sp³-hybridized carbons (Fsp3) is 0.238. The third kappa shape index (κ3) is 4.09. The standard InChI is InChI=1S/C21H20ClN3O2S/c22-17-8-4-5-9-18(17)25-19(16-6-2-1-3-7-16)14-23-21(25)28-15-20(26)24-10-12-27-13-11-24/h1-9,14H,10-13,15H2. The van der Waals surface area contributed by atoms with Gasteiger partial charge in [0.1, 0.15) is 0 Å². The summed E-state index contributed by atoms with van der Waals surface area (Å²) in [7, 11) is 0. The minimum atomic E-state index is 0.100. The van der Waals surface area contributed by atoms with Crippen LogP contribution in [-0.4, -0.2) is 52.4 Å². The van der Waals surface area contributed by atoms with Crippen LogP contribution in [0.3, 0.4) is 0 Å². The minimum absolute atomic E-state index is 0.100. The van der Waals surface area contributed by atoms with Gasteiger partial charge in [0.15, 0.2) is 5.16 Å². The number of imidazole rings is 1. The van der Waals surface area contributed by atoms with Crippen molar-refractivity contribution < 1.29 is 9.53 Å². The Kier molecular flexibility index (Phi) is 6.00. The lowest BCUT2D eigenvalue weighted by atomic mass is 10.1. The maximum atomic E-state index is 12.5. The Balaban J connectivity index is 1.65. The summed E-state index contributed by atoms with van der Waals surface area (Å²) in [6, 6.07) is 17.7. The number of aromatic nitrogens is 2. The van der Waals surface area contributed by atoms with Gasteiger partial charge in [-0.2, -0.15) is 0 Å². The van der Waals surface area contributed by atoms with Crippen LogP contribution in [0.15, 0.2) is 66.0 Å². The fourth-order valence-electron chi connectivity index (χ4n) is 3.15. The molecule has 0 unspecified atom stereocenters. The van der Waals surface area contributed by atoms with Crippen molar-refractivity contribution in [2.75, 3.05) is 32.1 Å². The molecule has 0 saturated carbocycles. The van der Waals surface area contributed by atoms with Crippen LogP contribution in [0.25, 0.3) is 16.9 Å². The molecule has 1 aromatic heterocycles. The minimum Gasteiger partial charge on any atom is -0.378 e. The van der Waals surface area contributed by atoms with Crippen LogP contribution in [0.1, 0.15) is 0 Å². The van der Waals surface area contributed by atoms with Crippen molar-refractivity contribution in [2.24, 2.45) is 0 Å². The van der Waals surface area contributed by atoms with Crippen molar-refractivity contribution in [1.29, 1.82) is 0 Å². The molecular weight excluding hydrogens is 394 g/mol. The Morgan fingerprint density at radius 3 is 2.54 bits per heavy atom. The summed E-state index contributed by atoms with van der Waals surface area (Å²) in [6.07, 6.45) is 1.83. The van der Waals surface area contributed by atoms with E-state index < -0.39 is 0 Å². The third-order valence-corrected chi connectivity index (χ3v) is 5.84. The van der Waals surface area contributed by atoms with E-state index in [1.54, 1.807) is 0 Å². The lowest BCUT2D eigenvalue weighted by Crippen LogP contribution is -2.41. The Bertz CT molecular complexity index is 955. The van der Waals surface area contributed by atoms with E-state index in [1.807, 2.05) is 70.3 Å². The van der Waals surface area contributed by atoms with E-state index in [0.29, 0.717) is 37.1 Å². The van der Waals surface area contributed by atoms with Crippen LogP contribution in [0, 0.1) is 0 Å². The summed E-state index contributed by atoms with van der Waals surface area (Å²) in [5.41, 5.74) is 2.83. The second-order valence-corrected chi connectivity index (χ2v) is 7.71. The van der Waals surface area contributed by atoms with Crippen LogP contribution in [0.2, 0.25) is 5.02 Å². The average Bonchev–Trinajstić information content (AvgIpc) is 3.17. The van der Waals surface area contributed by atoms with E-state index in [-0.39, 0.29) is 5.91 Å². The molecule has 3 aromatic rings. The molecule has 0 spiro atoms. The van der Waals surface area contributed by atoms with Gasteiger partial charge in [-0.25, -0.2) is 4.98 Å². The summed E-state index contributed by atoms with van der Waals surface area (Å²) in [4.78, 5) is 19.0. The van der Waals surface area contributed by atoms with Gasteiger partial charge in [0.25, 0.3) is 0 Å². The zero-order valence-corrected chi connectivity index (χ0v) is 16.8. The van der Waals surface area contributed by atoms with Gasteiger partial charge in [-0.15, -0.1) is 0 Å². The highest BCUT2D eigenvalue weighted by atomic mass is 35.5. The highest BCUT2D eigenvalue weighted by Crippen LogP contribution is 2.32. The molecule has 1 fully saturated rings. The number of carbonyl (C=O) groups excluding carboxylic acids is 1. The van der Waals surface area contributed by atoms with E-state index in [9.17, 15) is 4.79 Å². The maximum Gasteiger partial charge on any atom is 0.233 e. The number of benzene rings is 2.